The number of rotatable bonds is 7. The van der Waals surface area contributed by atoms with Crippen molar-refractivity contribution < 1.29 is 19.1 Å². The Hall–Kier alpha value is -4.33. The highest BCUT2D eigenvalue weighted by Crippen LogP contribution is 2.15. The van der Waals surface area contributed by atoms with Gasteiger partial charge in [-0.25, -0.2) is 18.9 Å². The summed E-state index contributed by atoms with van der Waals surface area (Å²) in [6.07, 6.45) is 1.37. The summed E-state index contributed by atoms with van der Waals surface area (Å²) in [4.78, 5) is 30.1. The fraction of sp³-hybridized carbons (Fsp3) is 0.0833. The third-order valence-electron chi connectivity index (χ3n) is 4.83. The second-order valence-corrected chi connectivity index (χ2v) is 7.14. The smallest absolute Gasteiger partial charge is 0.335 e. The van der Waals surface area contributed by atoms with Crippen LogP contribution in [0.2, 0.25) is 0 Å². The van der Waals surface area contributed by atoms with Gasteiger partial charge in [-0.15, -0.1) is 5.10 Å². The molecule has 0 aliphatic carbocycles. The first kappa shape index (κ1) is 20.9. The molecular weight excluding hydrogens is 411 g/mol. The first-order valence-electron chi connectivity index (χ1n) is 9.82. The Morgan fingerprint density at radius 3 is 2.25 bits per heavy atom. The minimum Gasteiger partial charge on any atom is -0.478 e. The number of carbonyl (C=O) groups excluding carboxylic acids is 1. The molecule has 4 aromatic rings. The summed E-state index contributed by atoms with van der Waals surface area (Å²) in [7, 11) is 0. The summed E-state index contributed by atoms with van der Waals surface area (Å²) in [5.41, 5.74) is 2.32. The molecule has 0 aliphatic rings. The van der Waals surface area contributed by atoms with E-state index in [-0.39, 0.29) is 17.9 Å². The molecular formula is C24H19FN4O3. The molecule has 160 valence electrons. The molecule has 32 heavy (non-hydrogen) atoms. The van der Waals surface area contributed by atoms with Crippen LogP contribution in [0.1, 0.15) is 32.1 Å². The van der Waals surface area contributed by atoms with Crippen molar-refractivity contribution in [3.05, 3.63) is 114 Å². The van der Waals surface area contributed by atoms with Gasteiger partial charge in [0.15, 0.2) is 0 Å². The molecule has 0 atom stereocenters. The van der Waals surface area contributed by atoms with Crippen molar-refractivity contribution in [2.45, 2.75) is 13.1 Å². The van der Waals surface area contributed by atoms with Crippen LogP contribution in [0, 0.1) is 5.82 Å². The average molecular weight is 430 g/mol. The molecule has 0 radical (unpaired) electrons. The van der Waals surface area contributed by atoms with Gasteiger partial charge >= 0.3 is 5.97 Å². The van der Waals surface area contributed by atoms with Crippen LogP contribution in [-0.4, -0.2) is 36.6 Å². The fourth-order valence-corrected chi connectivity index (χ4v) is 3.22. The van der Waals surface area contributed by atoms with E-state index in [0.29, 0.717) is 12.2 Å². The van der Waals surface area contributed by atoms with Gasteiger partial charge in [0, 0.05) is 13.1 Å². The minimum absolute atomic E-state index is 0.0210. The number of carboxylic acid groups (broad SMARTS) is 1. The molecule has 1 heterocycles. The number of carboxylic acids is 1. The second kappa shape index (κ2) is 9.22. The first-order valence-corrected chi connectivity index (χ1v) is 9.82. The van der Waals surface area contributed by atoms with Gasteiger partial charge in [0.25, 0.3) is 5.91 Å². The van der Waals surface area contributed by atoms with Crippen LogP contribution in [0.5, 0.6) is 0 Å². The van der Waals surface area contributed by atoms with Crippen molar-refractivity contribution in [1.82, 2.24) is 19.7 Å². The van der Waals surface area contributed by atoms with E-state index in [0.717, 1.165) is 11.1 Å². The van der Waals surface area contributed by atoms with E-state index in [4.69, 9.17) is 5.11 Å². The van der Waals surface area contributed by atoms with Gasteiger partial charge in [0.1, 0.15) is 12.1 Å². The highest BCUT2D eigenvalue weighted by molar-refractivity contribution is 5.90. The molecule has 0 unspecified atom stereocenters. The molecule has 0 fully saturated rings. The van der Waals surface area contributed by atoms with Crippen molar-refractivity contribution >= 4 is 11.9 Å². The Morgan fingerprint density at radius 2 is 1.59 bits per heavy atom. The molecule has 0 saturated carbocycles. The maximum Gasteiger partial charge on any atom is 0.335 e. The number of halogens is 1. The summed E-state index contributed by atoms with van der Waals surface area (Å²) >= 11 is 0. The highest BCUT2D eigenvalue weighted by Gasteiger charge is 2.21. The maximum atomic E-state index is 13.5. The van der Waals surface area contributed by atoms with E-state index < -0.39 is 17.7 Å². The number of carbonyl (C=O) groups is 2. The largest absolute Gasteiger partial charge is 0.478 e. The van der Waals surface area contributed by atoms with E-state index in [2.05, 4.69) is 10.1 Å². The Balaban J connectivity index is 1.60. The van der Waals surface area contributed by atoms with Crippen molar-refractivity contribution in [3.63, 3.8) is 0 Å². The summed E-state index contributed by atoms with van der Waals surface area (Å²) in [5, 5.41) is 13.3. The summed E-state index contributed by atoms with van der Waals surface area (Å²) in [6, 6.07) is 21.7. The zero-order valence-corrected chi connectivity index (χ0v) is 16.9. The molecule has 7 nitrogen and oxygen atoms in total. The number of nitrogens with zero attached hydrogens (tertiary/aromatic N) is 4. The lowest BCUT2D eigenvalue weighted by atomic mass is 10.1. The lowest BCUT2D eigenvalue weighted by Gasteiger charge is -2.22. The van der Waals surface area contributed by atoms with E-state index in [9.17, 15) is 14.0 Å². The van der Waals surface area contributed by atoms with Crippen LogP contribution in [0.15, 0.2) is 85.2 Å². The third kappa shape index (κ3) is 4.86. The van der Waals surface area contributed by atoms with Crippen molar-refractivity contribution in [2.24, 2.45) is 0 Å². The zero-order chi connectivity index (χ0) is 22.5. The normalized spacial score (nSPS) is 10.7. The van der Waals surface area contributed by atoms with Crippen molar-refractivity contribution in [2.75, 3.05) is 0 Å². The molecule has 1 amide bonds. The van der Waals surface area contributed by atoms with E-state index in [1.807, 2.05) is 30.3 Å². The SMILES string of the molecule is O=C(O)c1ccc(CN(Cc2ccccc2)C(=O)c2ncn(-c3cccc(F)c3)n2)cc1. The van der Waals surface area contributed by atoms with Crippen molar-refractivity contribution in [1.29, 1.82) is 0 Å². The molecule has 1 N–H and O–H groups in total. The molecule has 8 heteroatoms. The zero-order valence-electron chi connectivity index (χ0n) is 16.9. The molecule has 0 saturated heterocycles. The number of benzene rings is 3. The maximum absolute atomic E-state index is 13.5. The standard InChI is InChI=1S/C24H19FN4O3/c25-20-7-4-8-21(13-20)29-16-26-22(27-29)23(30)28(14-17-5-2-1-3-6-17)15-18-9-11-19(12-10-18)24(31)32/h1-13,16H,14-15H2,(H,31,32). The molecule has 0 spiro atoms. The lowest BCUT2D eigenvalue weighted by Crippen LogP contribution is -2.31. The predicted molar refractivity (Wildman–Crippen MR) is 115 cm³/mol. The van der Waals surface area contributed by atoms with Gasteiger partial charge in [-0.05, 0) is 41.5 Å². The molecule has 1 aromatic heterocycles. The summed E-state index contributed by atoms with van der Waals surface area (Å²) in [5.74, 6) is -1.85. The number of aromatic nitrogens is 3. The number of hydrogen-bond donors (Lipinski definition) is 1. The molecule has 3 aromatic carbocycles. The first-order chi connectivity index (χ1) is 15.5. The monoisotopic (exact) mass is 430 g/mol. The van der Waals surface area contributed by atoms with E-state index in [1.165, 1.54) is 35.3 Å². The second-order valence-electron chi connectivity index (χ2n) is 7.14. The van der Waals surface area contributed by atoms with Crippen LogP contribution in [0.3, 0.4) is 0 Å². The van der Waals surface area contributed by atoms with Crippen LogP contribution in [-0.2, 0) is 13.1 Å². The Bertz CT molecular complexity index is 1240. The molecule has 4 rings (SSSR count). The average Bonchev–Trinajstić information content (AvgIpc) is 3.30. The van der Waals surface area contributed by atoms with E-state index in [1.54, 1.807) is 29.2 Å². The Labute approximate surface area is 183 Å². The molecule has 0 bridgehead atoms. The van der Waals surface area contributed by atoms with Gasteiger partial charge in [-0.2, -0.15) is 0 Å². The van der Waals surface area contributed by atoms with E-state index >= 15 is 0 Å². The predicted octanol–water partition coefficient (Wildman–Crippen LogP) is 3.95. The third-order valence-corrected chi connectivity index (χ3v) is 4.83. The number of amides is 1. The Kier molecular flexibility index (Phi) is 6.03. The molecule has 0 aliphatic heterocycles. The number of aromatic carboxylic acids is 1. The van der Waals surface area contributed by atoms with Gasteiger partial charge in [0.2, 0.25) is 5.82 Å². The topological polar surface area (TPSA) is 88.3 Å². The fourth-order valence-electron chi connectivity index (χ4n) is 3.22. The number of hydrogen-bond acceptors (Lipinski definition) is 4. The quantitative estimate of drug-likeness (QED) is 0.480. The van der Waals surface area contributed by atoms with Crippen molar-refractivity contribution in [3.8, 4) is 5.69 Å². The Morgan fingerprint density at radius 1 is 0.906 bits per heavy atom. The summed E-state index contributed by atoms with van der Waals surface area (Å²) in [6.45, 7) is 0.553. The van der Waals surface area contributed by atoms with Gasteiger partial charge in [-0.3, -0.25) is 4.79 Å². The van der Waals surface area contributed by atoms with Gasteiger partial charge in [0.05, 0.1) is 11.3 Å². The van der Waals surface area contributed by atoms with Crippen LogP contribution >= 0.6 is 0 Å². The van der Waals surface area contributed by atoms with Crippen LogP contribution in [0.4, 0.5) is 4.39 Å². The lowest BCUT2D eigenvalue weighted by molar-refractivity contribution is 0.0692. The minimum atomic E-state index is -1.01. The highest BCUT2D eigenvalue weighted by atomic mass is 19.1. The van der Waals surface area contributed by atoms with Crippen LogP contribution < -0.4 is 0 Å². The van der Waals surface area contributed by atoms with Crippen LogP contribution in [0.25, 0.3) is 5.69 Å². The van der Waals surface area contributed by atoms with Gasteiger partial charge in [-0.1, -0.05) is 48.5 Å². The summed E-state index contributed by atoms with van der Waals surface area (Å²) < 4.78 is 14.9. The van der Waals surface area contributed by atoms with Gasteiger partial charge < -0.3 is 10.0 Å².